The zero-order valence-electron chi connectivity index (χ0n) is 20.4. The number of hydrogen-bond donors (Lipinski definition) is 2. The topological polar surface area (TPSA) is 80.8 Å². The smallest absolute Gasteiger partial charge is 0.162 e. The summed E-state index contributed by atoms with van der Waals surface area (Å²) in [7, 11) is 3.77. The van der Waals surface area contributed by atoms with Crippen LogP contribution >= 0.6 is 11.3 Å². The van der Waals surface area contributed by atoms with Gasteiger partial charge in [-0.15, -0.1) is 11.3 Å². The van der Waals surface area contributed by atoms with E-state index >= 15 is 0 Å². The maximum absolute atomic E-state index is 6.47. The molecule has 1 unspecified atom stereocenters. The molecular formula is C27H29N5O3S. The Labute approximate surface area is 214 Å². The molecule has 8 nitrogen and oxygen atoms in total. The van der Waals surface area contributed by atoms with Crippen LogP contribution in [0.25, 0.3) is 21.3 Å². The number of rotatable bonds is 8. The SMILES string of the molecule is COc1cc2ncnc(Nc3cc(-c4cccs4)ccc3OC3CCN(C)C3)c2cc1OC1CNC1. The van der Waals surface area contributed by atoms with Crippen molar-refractivity contribution in [1.82, 2.24) is 20.2 Å². The predicted molar refractivity (Wildman–Crippen MR) is 143 cm³/mol. The summed E-state index contributed by atoms with van der Waals surface area (Å²) < 4.78 is 18.2. The average molecular weight is 504 g/mol. The van der Waals surface area contributed by atoms with Crippen LogP contribution in [0.2, 0.25) is 0 Å². The summed E-state index contributed by atoms with van der Waals surface area (Å²) in [6.07, 6.45) is 2.86. The molecule has 0 radical (unpaired) electrons. The van der Waals surface area contributed by atoms with Gasteiger partial charge in [0.15, 0.2) is 11.5 Å². The minimum Gasteiger partial charge on any atom is -0.493 e. The van der Waals surface area contributed by atoms with Gasteiger partial charge in [-0.1, -0.05) is 6.07 Å². The Bertz CT molecular complexity index is 1360. The van der Waals surface area contributed by atoms with E-state index < -0.39 is 0 Å². The number of likely N-dealkylation sites (N-methyl/N-ethyl adjacent to an activating group) is 1. The number of ether oxygens (including phenoxy) is 3. The predicted octanol–water partition coefficient (Wildman–Crippen LogP) is 4.54. The quantitative estimate of drug-likeness (QED) is 0.363. The number of hydrogen-bond acceptors (Lipinski definition) is 9. The molecule has 2 saturated heterocycles. The number of likely N-dealkylation sites (tertiary alicyclic amines) is 1. The van der Waals surface area contributed by atoms with Gasteiger partial charge in [-0.25, -0.2) is 9.97 Å². The second-order valence-electron chi connectivity index (χ2n) is 9.24. The van der Waals surface area contributed by atoms with E-state index in [2.05, 4.69) is 68.3 Å². The van der Waals surface area contributed by atoms with Crippen molar-refractivity contribution in [2.45, 2.75) is 18.6 Å². The van der Waals surface area contributed by atoms with Crippen molar-refractivity contribution in [3.05, 3.63) is 54.2 Å². The van der Waals surface area contributed by atoms with E-state index in [0.717, 1.165) is 60.5 Å². The van der Waals surface area contributed by atoms with Gasteiger partial charge in [0.2, 0.25) is 0 Å². The average Bonchev–Trinajstić information content (AvgIpc) is 3.54. The van der Waals surface area contributed by atoms with Gasteiger partial charge in [0, 0.05) is 42.5 Å². The summed E-state index contributed by atoms with van der Waals surface area (Å²) in [5.74, 6) is 2.85. The van der Waals surface area contributed by atoms with Crippen LogP contribution in [0.1, 0.15) is 6.42 Å². The lowest BCUT2D eigenvalue weighted by Crippen LogP contribution is -2.50. The van der Waals surface area contributed by atoms with Gasteiger partial charge in [-0.2, -0.15) is 0 Å². The summed E-state index contributed by atoms with van der Waals surface area (Å²) in [5, 5.41) is 9.74. The first-order valence-corrected chi connectivity index (χ1v) is 13.0. The molecule has 0 saturated carbocycles. The molecule has 2 aliphatic heterocycles. The Morgan fingerprint density at radius 2 is 1.92 bits per heavy atom. The molecule has 0 bridgehead atoms. The van der Waals surface area contributed by atoms with Crippen molar-refractivity contribution in [2.75, 3.05) is 45.7 Å². The van der Waals surface area contributed by atoms with Gasteiger partial charge in [-0.05, 0) is 54.7 Å². The van der Waals surface area contributed by atoms with Crippen LogP contribution in [0.5, 0.6) is 17.2 Å². The van der Waals surface area contributed by atoms with Crippen LogP contribution < -0.4 is 24.8 Å². The lowest BCUT2D eigenvalue weighted by Gasteiger charge is -2.28. The molecule has 1 atom stereocenters. The van der Waals surface area contributed by atoms with Crippen LogP contribution in [-0.2, 0) is 0 Å². The van der Waals surface area contributed by atoms with Crippen molar-refractivity contribution in [1.29, 1.82) is 0 Å². The molecule has 0 aliphatic carbocycles. The molecule has 4 aromatic rings. The second-order valence-corrected chi connectivity index (χ2v) is 10.2. The lowest BCUT2D eigenvalue weighted by atomic mass is 10.1. The van der Waals surface area contributed by atoms with E-state index in [4.69, 9.17) is 14.2 Å². The fourth-order valence-electron chi connectivity index (χ4n) is 4.56. The normalized spacial score (nSPS) is 18.2. The van der Waals surface area contributed by atoms with E-state index in [-0.39, 0.29) is 12.2 Å². The summed E-state index contributed by atoms with van der Waals surface area (Å²) in [5.41, 5.74) is 2.78. The molecule has 36 heavy (non-hydrogen) atoms. The highest BCUT2D eigenvalue weighted by Crippen LogP contribution is 2.39. The molecule has 2 aromatic carbocycles. The van der Waals surface area contributed by atoms with E-state index in [0.29, 0.717) is 17.3 Å². The number of benzene rings is 2. The van der Waals surface area contributed by atoms with Crippen LogP contribution in [0, 0.1) is 0 Å². The van der Waals surface area contributed by atoms with Crippen LogP contribution in [0.4, 0.5) is 11.5 Å². The maximum Gasteiger partial charge on any atom is 0.162 e. The first-order chi connectivity index (χ1) is 17.7. The number of nitrogens with zero attached hydrogens (tertiary/aromatic N) is 3. The monoisotopic (exact) mass is 503 g/mol. The highest BCUT2D eigenvalue weighted by Gasteiger charge is 2.24. The molecule has 2 fully saturated rings. The van der Waals surface area contributed by atoms with E-state index in [1.807, 2.05) is 12.1 Å². The molecule has 4 heterocycles. The summed E-state index contributed by atoms with van der Waals surface area (Å²) in [6, 6.07) is 14.4. The maximum atomic E-state index is 6.47. The molecule has 9 heteroatoms. The zero-order valence-corrected chi connectivity index (χ0v) is 21.2. The largest absolute Gasteiger partial charge is 0.493 e. The Balaban J connectivity index is 1.38. The van der Waals surface area contributed by atoms with E-state index in [1.54, 1.807) is 24.8 Å². The molecule has 6 rings (SSSR count). The van der Waals surface area contributed by atoms with E-state index in [9.17, 15) is 0 Å². The molecule has 2 aromatic heterocycles. The molecule has 0 spiro atoms. The van der Waals surface area contributed by atoms with Gasteiger partial charge < -0.3 is 29.7 Å². The highest BCUT2D eigenvalue weighted by atomic mass is 32.1. The lowest BCUT2D eigenvalue weighted by molar-refractivity contribution is 0.137. The van der Waals surface area contributed by atoms with Crippen LogP contribution in [0.15, 0.2) is 54.2 Å². The first-order valence-electron chi connectivity index (χ1n) is 12.2. The van der Waals surface area contributed by atoms with Crippen LogP contribution in [0.3, 0.4) is 0 Å². The number of anilines is 2. The third-order valence-corrected chi connectivity index (χ3v) is 7.56. The number of nitrogens with one attached hydrogen (secondary N) is 2. The summed E-state index contributed by atoms with van der Waals surface area (Å²) in [6.45, 7) is 3.60. The van der Waals surface area contributed by atoms with Crippen molar-refractivity contribution in [2.24, 2.45) is 0 Å². The minimum atomic E-state index is 0.129. The molecule has 2 aliphatic rings. The van der Waals surface area contributed by atoms with Crippen molar-refractivity contribution in [3.8, 4) is 27.7 Å². The van der Waals surface area contributed by atoms with Crippen molar-refractivity contribution < 1.29 is 14.2 Å². The first kappa shape index (κ1) is 23.0. The summed E-state index contributed by atoms with van der Waals surface area (Å²) >= 11 is 1.72. The Morgan fingerprint density at radius 3 is 2.64 bits per heavy atom. The molecule has 0 amide bonds. The van der Waals surface area contributed by atoms with Gasteiger partial charge in [0.1, 0.15) is 30.1 Å². The number of fused-ring (bicyclic) bond motifs is 1. The van der Waals surface area contributed by atoms with Gasteiger partial charge in [0.25, 0.3) is 0 Å². The Morgan fingerprint density at radius 1 is 1.03 bits per heavy atom. The zero-order chi connectivity index (χ0) is 24.5. The second kappa shape index (κ2) is 9.93. The minimum absolute atomic E-state index is 0.129. The van der Waals surface area contributed by atoms with Gasteiger partial charge in [0.05, 0.1) is 18.3 Å². The third kappa shape index (κ3) is 4.69. The fourth-order valence-corrected chi connectivity index (χ4v) is 5.29. The standard InChI is InChI=1S/C27H29N5O3S/c1-32-8-7-18(15-32)34-23-6-5-17(26-4-3-9-36-26)10-22(23)31-27-20-11-25(35-19-13-28-14-19)24(33-2)12-21(20)29-16-30-27/h3-6,9-12,16,18-19,28H,7-8,13-15H2,1-2H3,(H,29,30,31). The van der Waals surface area contributed by atoms with Crippen molar-refractivity contribution in [3.63, 3.8) is 0 Å². The van der Waals surface area contributed by atoms with Crippen LogP contribution in [-0.4, -0.2) is 67.4 Å². The van der Waals surface area contributed by atoms with E-state index in [1.165, 1.54) is 4.88 Å². The molecule has 2 N–H and O–H groups in total. The molecule has 186 valence electrons. The number of methoxy groups -OCH3 is 1. The number of aromatic nitrogens is 2. The fraction of sp³-hybridized carbons (Fsp3) is 0.333. The molecular weight excluding hydrogens is 474 g/mol. The van der Waals surface area contributed by atoms with Gasteiger partial charge in [-0.3, -0.25) is 0 Å². The number of thiophene rings is 1. The highest BCUT2D eigenvalue weighted by molar-refractivity contribution is 7.13. The Hall–Kier alpha value is -3.40. The van der Waals surface area contributed by atoms with Crippen molar-refractivity contribution >= 4 is 33.7 Å². The summed E-state index contributed by atoms with van der Waals surface area (Å²) in [4.78, 5) is 12.6. The van der Waals surface area contributed by atoms with Gasteiger partial charge >= 0.3 is 0 Å². The third-order valence-electron chi connectivity index (χ3n) is 6.64. The Kier molecular flexibility index (Phi) is 6.35.